The van der Waals surface area contributed by atoms with Gasteiger partial charge in [-0.15, -0.1) is 0 Å². The van der Waals surface area contributed by atoms with E-state index in [0.29, 0.717) is 5.92 Å². The average molecular weight is 278 g/mol. The molecule has 2 heterocycles. The quantitative estimate of drug-likeness (QED) is 0.877. The summed E-state index contributed by atoms with van der Waals surface area (Å²) in [5, 5.41) is 0. The van der Waals surface area contributed by atoms with Crippen LogP contribution in [-0.4, -0.2) is 56.3 Å². The van der Waals surface area contributed by atoms with Crippen LogP contribution in [0.1, 0.15) is 13.3 Å². The van der Waals surface area contributed by atoms with Gasteiger partial charge in [0.05, 0.1) is 13.3 Å². The van der Waals surface area contributed by atoms with Crippen LogP contribution in [0.5, 0.6) is 5.75 Å². The first-order valence-corrected chi connectivity index (χ1v) is 7.40. The zero-order chi connectivity index (χ0) is 14.4. The second kappa shape index (κ2) is 7.45. The second-order valence-corrected chi connectivity index (χ2v) is 5.54. The van der Waals surface area contributed by atoms with Crippen LogP contribution in [0.2, 0.25) is 0 Å². The van der Waals surface area contributed by atoms with Gasteiger partial charge in [0, 0.05) is 26.2 Å². The molecule has 0 aliphatic carbocycles. The van der Waals surface area contributed by atoms with E-state index in [1.54, 1.807) is 13.3 Å². The second-order valence-electron chi connectivity index (χ2n) is 5.54. The van der Waals surface area contributed by atoms with E-state index >= 15 is 0 Å². The standard InChI is InChI=1S/C15H26N4O/c1-13(10-16)12-18-6-3-7-19(9-8-18)15-5-4-14(20-2)11-17-15/h4-5,11,13H,3,6-10,12,16H2,1-2H3. The minimum Gasteiger partial charge on any atom is -0.495 e. The summed E-state index contributed by atoms with van der Waals surface area (Å²) in [5.41, 5.74) is 5.72. The number of rotatable bonds is 5. The average Bonchev–Trinajstić information content (AvgIpc) is 2.73. The SMILES string of the molecule is COc1ccc(N2CCCN(CC(C)CN)CC2)nc1. The van der Waals surface area contributed by atoms with Gasteiger partial charge in [0.2, 0.25) is 0 Å². The first-order chi connectivity index (χ1) is 9.72. The fraction of sp³-hybridized carbons (Fsp3) is 0.667. The Bertz CT molecular complexity index is 395. The van der Waals surface area contributed by atoms with Gasteiger partial charge in [-0.25, -0.2) is 4.98 Å². The van der Waals surface area contributed by atoms with Gasteiger partial charge in [0.1, 0.15) is 11.6 Å². The van der Waals surface area contributed by atoms with Crippen molar-refractivity contribution in [1.29, 1.82) is 0 Å². The Labute approximate surface area is 121 Å². The maximum absolute atomic E-state index is 5.72. The number of anilines is 1. The van der Waals surface area contributed by atoms with Gasteiger partial charge in [-0.1, -0.05) is 6.92 Å². The highest BCUT2D eigenvalue weighted by Gasteiger charge is 2.17. The Morgan fingerprint density at radius 1 is 1.30 bits per heavy atom. The van der Waals surface area contributed by atoms with E-state index in [4.69, 9.17) is 10.5 Å². The monoisotopic (exact) mass is 278 g/mol. The number of hydrogen-bond acceptors (Lipinski definition) is 5. The summed E-state index contributed by atoms with van der Waals surface area (Å²) in [6.07, 6.45) is 2.96. The maximum Gasteiger partial charge on any atom is 0.137 e. The largest absolute Gasteiger partial charge is 0.495 e. The third-order valence-corrected chi connectivity index (χ3v) is 3.84. The molecule has 1 aliphatic rings. The third-order valence-electron chi connectivity index (χ3n) is 3.84. The van der Waals surface area contributed by atoms with Gasteiger partial charge >= 0.3 is 0 Å². The topological polar surface area (TPSA) is 54.6 Å². The summed E-state index contributed by atoms with van der Waals surface area (Å²) in [6.45, 7) is 8.40. The lowest BCUT2D eigenvalue weighted by molar-refractivity contribution is 0.255. The zero-order valence-corrected chi connectivity index (χ0v) is 12.6. The van der Waals surface area contributed by atoms with Crippen molar-refractivity contribution in [1.82, 2.24) is 9.88 Å². The van der Waals surface area contributed by atoms with Crippen molar-refractivity contribution in [3.63, 3.8) is 0 Å². The highest BCUT2D eigenvalue weighted by atomic mass is 16.5. The van der Waals surface area contributed by atoms with E-state index < -0.39 is 0 Å². The molecule has 0 bridgehead atoms. The van der Waals surface area contributed by atoms with Crippen molar-refractivity contribution in [2.45, 2.75) is 13.3 Å². The summed E-state index contributed by atoms with van der Waals surface area (Å²) >= 11 is 0. The Morgan fingerprint density at radius 3 is 2.80 bits per heavy atom. The molecule has 0 aromatic carbocycles. The molecule has 112 valence electrons. The molecule has 1 unspecified atom stereocenters. The van der Waals surface area contributed by atoms with Crippen LogP contribution in [0, 0.1) is 5.92 Å². The van der Waals surface area contributed by atoms with Crippen molar-refractivity contribution in [2.24, 2.45) is 11.7 Å². The van der Waals surface area contributed by atoms with Crippen molar-refractivity contribution in [2.75, 3.05) is 51.3 Å². The zero-order valence-electron chi connectivity index (χ0n) is 12.6. The number of nitrogens with two attached hydrogens (primary N) is 1. The molecule has 1 fully saturated rings. The molecular weight excluding hydrogens is 252 g/mol. The highest BCUT2D eigenvalue weighted by Crippen LogP contribution is 2.17. The Balaban J connectivity index is 1.91. The maximum atomic E-state index is 5.72. The van der Waals surface area contributed by atoms with E-state index in [0.717, 1.165) is 50.8 Å². The normalized spacial score (nSPS) is 18.6. The molecule has 5 heteroatoms. The van der Waals surface area contributed by atoms with Crippen LogP contribution < -0.4 is 15.4 Å². The Hall–Kier alpha value is -1.33. The van der Waals surface area contributed by atoms with Crippen LogP contribution in [0.25, 0.3) is 0 Å². The summed E-state index contributed by atoms with van der Waals surface area (Å²) < 4.78 is 5.15. The molecule has 5 nitrogen and oxygen atoms in total. The molecule has 0 saturated carbocycles. The van der Waals surface area contributed by atoms with E-state index in [9.17, 15) is 0 Å². The van der Waals surface area contributed by atoms with Crippen molar-refractivity contribution in [3.8, 4) is 5.75 Å². The minimum atomic E-state index is 0.570. The van der Waals surface area contributed by atoms with Crippen LogP contribution in [0.3, 0.4) is 0 Å². The number of aromatic nitrogens is 1. The molecule has 0 spiro atoms. The molecule has 20 heavy (non-hydrogen) atoms. The minimum absolute atomic E-state index is 0.570. The van der Waals surface area contributed by atoms with Crippen molar-refractivity contribution >= 4 is 5.82 Å². The van der Waals surface area contributed by atoms with Gasteiger partial charge < -0.3 is 20.3 Å². The predicted octanol–water partition coefficient (Wildman–Crippen LogP) is 1.20. The Morgan fingerprint density at radius 2 is 2.15 bits per heavy atom. The van der Waals surface area contributed by atoms with E-state index in [-0.39, 0.29) is 0 Å². The van der Waals surface area contributed by atoms with Gasteiger partial charge in [0.25, 0.3) is 0 Å². The molecule has 1 aromatic heterocycles. The van der Waals surface area contributed by atoms with Crippen LogP contribution in [-0.2, 0) is 0 Å². The van der Waals surface area contributed by atoms with Crippen LogP contribution in [0.4, 0.5) is 5.82 Å². The van der Waals surface area contributed by atoms with Gasteiger partial charge in [-0.3, -0.25) is 0 Å². The molecule has 1 aliphatic heterocycles. The van der Waals surface area contributed by atoms with Crippen molar-refractivity contribution < 1.29 is 4.74 Å². The first-order valence-electron chi connectivity index (χ1n) is 7.40. The Kier molecular flexibility index (Phi) is 5.61. The lowest BCUT2D eigenvalue weighted by Crippen LogP contribution is -2.35. The number of ether oxygens (including phenoxy) is 1. The van der Waals surface area contributed by atoms with E-state index in [2.05, 4.69) is 21.7 Å². The molecule has 0 amide bonds. The molecule has 2 N–H and O–H groups in total. The molecule has 1 saturated heterocycles. The van der Waals surface area contributed by atoms with E-state index in [1.807, 2.05) is 12.1 Å². The molecular formula is C15H26N4O. The molecule has 0 radical (unpaired) electrons. The first kappa shape index (κ1) is 15.1. The lowest BCUT2D eigenvalue weighted by atomic mass is 10.1. The van der Waals surface area contributed by atoms with Gasteiger partial charge in [-0.05, 0) is 37.6 Å². The van der Waals surface area contributed by atoms with Gasteiger partial charge in [0.15, 0.2) is 0 Å². The number of hydrogen-bond donors (Lipinski definition) is 1. The molecule has 1 aromatic rings. The van der Waals surface area contributed by atoms with Crippen LogP contribution in [0.15, 0.2) is 18.3 Å². The van der Waals surface area contributed by atoms with Crippen molar-refractivity contribution in [3.05, 3.63) is 18.3 Å². The summed E-state index contributed by atoms with van der Waals surface area (Å²) in [4.78, 5) is 9.35. The van der Waals surface area contributed by atoms with E-state index in [1.165, 1.54) is 6.42 Å². The van der Waals surface area contributed by atoms with Gasteiger partial charge in [-0.2, -0.15) is 0 Å². The predicted molar refractivity (Wildman–Crippen MR) is 82.3 cm³/mol. The summed E-state index contributed by atoms with van der Waals surface area (Å²) in [6, 6.07) is 4.01. The third kappa shape index (κ3) is 4.08. The lowest BCUT2D eigenvalue weighted by Gasteiger charge is -2.24. The fourth-order valence-corrected chi connectivity index (χ4v) is 2.58. The number of pyridine rings is 1. The van der Waals surface area contributed by atoms with Crippen LogP contribution >= 0.6 is 0 Å². The number of methoxy groups -OCH3 is 1. The smallest absolute Gasteiger partial charge is 0.137 e. The fourth-order valence-electron chi connectivity index (χ4n) is 2.58. The number of nitrogens with zero attached hydrogens (tertiary/aromatic N) is 3. The molecule has 1 atom stereocenters. The highest BCUT2D eigenvalue weighted by molar-refractivity contribution is 5.41. The summed E-state index contributed by atoms with van der Waals surface area (Å²) in [5.74, 6) is 2.42. The molecule has 2 rings (SSSR count). The summed E-state index contributed by atoms with van der Waals surface area (Å²) in [7, 11) is 1.67.